The van der Waals surface area contributed by atoms with Crippen molar-refractivity contribution >= 4 is 16.1 Å². The van der Waals surface area contributed by atoms with E-state index in [0.29, 0.717) is 19.6 Å². The highest BCUT2D eigenvalue weighted by Crippen LogP contribution is 2.22. The Bertz CT molecular complexity index is 832. The predicted octanol–water partition coefficient (Wildman–Crippen LogP) is 2.54. The van der Waals surface area contributed by atoms with Gasteiger partial charge in [-0.3, -0.25) is 4.98 Å². The summed E-state index contributed by atoms with van der Waals surface area (Å²) in [4.78, 5) is 16.0. The van der Waals surface area contributed by atoms with Crippen LogP contribution in [0.2, 0.25) is 0 Å². The quantitative estimate of drug-likeness (QED) is 0.868. The monoisotopic (exact) mass is 375 g/mol. The van der Waals surface area contributed by atoms with Gasteiger partial charge in [0.2, 0.25) is 10.0 Å². The van der Waals surface area contributed by atoms with Crippen molar-refractivity contribution in [3.63, 3.8) is 0 Å². The molecule has 2 aromatic rings. The Hall–Kier alpha value is -2.45. The number of nitrogens with one attached hydrogen (secondary N) is 1. The Morgan fingerprint density at radius 1 is 1.12 bits per heavy atom. The van der Waals surface area contributed by atoms with Crippen LogP contribution in [0.3, 0.4) is 0 Å². The zero-order valence-electron chi connectivity index (χ0n) is 14.3. The fourth-order valence-electron chi connectivity index (χ4n) is 2.75. The van der Waals surface area contributed by atoms with E-state index in [9.17, 15) is 13.2 Å². The van der Waals surface area contributed by atoms with E-state index in [0.717, 1.165) is 24.8 Å². The summed E-state index contributed by atoms with van der Waals surface area (Å²) in [7, 11) is -3.48. The van der Waals surface area contributed by atoms with Crippen molar-refractivity contribution < 1.29 is 17.9 Å². The minimum Gasteiger partial charge on any atom is -0.410 e. The molecule has 1 amide bonds. The average molecular weight is 375 g/mol. The van der Waals surface area contributed by atoms with Gasteiger partial charge < -0.3 is 10.1 Å². The molecule has 1 aromatic heterocycles. The molecule has 1 aromatic carbocycles. The van der Waals surface area contributed by atoms with Crippen molar-refractivity contribution in [3.8, 4) is 5.75 Å². The second kappa shape index (κ2) is 8.29. The number of hydrogen-bond donors (Lipinski definition) is 1. The number of carbonyl (C=O) groups excluding carboxylic acids is 1. The lowest BCUT2D eigenvalue weighted by atomic mass is 10.2. The third-order valence-corrected chi connectivity index (χ3v) is 6.06. The van der Waals surface area contributed by atoms with E-state index in [1.807, 2.05) is 6.07 Å². The lowest BCUT2D eigenvalue weighted by Crippen LogP contribution is -2.35. The molecule has 0 bridgehead atoms. The Morgan fingerprint density at radius 2 is 1.85 bits per heavy atom. The lowest BCUT2D eigenvalue weighted by molar-refractivity contribution is 0.200. The van der Waals surface area contributed by atoms with Gasteiger partial charge in [0.1, 0.15) is 5.75 Å². The highest BCUT2D eigenvalue weighted by Gasteiger charge is 2.25. The molecule has 8 heteroatoms. The zero-order chi connectivity index (χ0) is 18.4. The molecular formula is C18H21N3O4S. The first-order chi connectivity index (χ1) is 12.6. The van der Waals surface area contributed by atoms with Crippen LogP contribution in [0.1, 0.15) is 24.8 Å². The Kier molecular flexibility index (Phi) is 5.85. The number of sulfonamides is 1. The molecule has 0 spiro atoms. The number of nitrogens with zero attached hydrogens (tertiary/aromatic N) is 2. The molecular weight excluding hydrogens is 354 g/mol. The van der Waals surface area contributed by atoms with E-state index in [1.165, 1.54) is 28.6 Å². The van der Waals surface area contributed by atoms with E-state index in [4.69, 9.17) is 4.74 Å². The molecule has 1 aliphatic heterocycles. The highest BCUT2D eigenvalue weighted by atomic mass is 32.2. The van der Waals surface area contributed by atoms with Crippen molar-refractivity contribution in [3.05, 3.63) is 54.4 Å². The molecule has 138 valence electrons. The number of piperidine rings is 1. The van der Waals surface area contributed by atoms with Gasteiger partial charge in [-0.05, 0) is 48.7 Å². The summed E-state index contributed by atoms with van der Waals surface area (Å²) in [6.45, 7) is 1.41. The van der Waals surface area contributed by atoms with E-state index in [1.54, 1.807) is 18.5 Å². The molecule has 2 heterocycles. The van der Waals surface area contributed by atoms with Crippen molar-refractivity contribution in [1.82, 2.24) is 14.6 Å². The van der Waals surface area contributed by atoms with Crippen LogP contribution in [0, 0.1) is 0 Å². The third kappa shape index (κ3) is 4.59. The molecule has 1 aliphatic rings. The van der Waals surface area contributed by atoms with Crippen LogP contribution in [0.15, 0.2) is 53.7 Å². The van der Waals surface area contributed by atoms with E-state index < -0.39 is 16.1 Å². The summed E-state index contributed by atoms with van der Waals surface area (Å²) in [5.74, 6) is 0.284. The molecule has 0 aliphatic carbocycles. The summed E-state index contributed by atoms with van der Waals surface area (Å²) in [5.41, 5.74) is 0.854. The van der Waals surface area contributed by atoms with E-state index in [-0.39, 0.29) is 10.6 Å². The summed E-state index contributed by atoms with van der Waals surface area (Å²) in [5, 5.41) is 2.62. The summed E-state index contributed by atoms with van der Waals surface area (Å²) < 4.78 is 31.8. The van der Waals surface area contributed by atoms with Crippen molar-refractivity contribution in [1.29, 1.82) is 0 Å². The molecule has 1 N–H and O–H groups in total. The van der Waals surface area contributed by atoms with Gasteiger partial charge in [-0.2, -0.15) is 4.31 Å². The predicted molar refractivity (Wildman–Crippen MR) is 96.2 cm³/mol. The largest absolute Gasteiger partial charge is 0.412 e. The van der Waals surface area contributed by atoms with Crippen molar-refractivity contribution in [2.24, 2.45) is 0 Å². The van der Waals surface area contributed by atoms with Gasteiger partial charge in [-0.1, -0.05) is 12.5 Å². The first kappa shape index (κ1) is 18.3. The van der Waals surface area contributed by atoms with Crippen LogP contribution in [0.5, 0.6) is 5.75 Å². The summed E-state index contributed by atoms with van der Waals surface area (Å²) in [6.07, 6.45) is 5.53. The van der Waals surface area contributed by atoms with Crippen molar-refractivity contribution in [2.45, 2.75) is 30.7 Å². The number of aromatic nitrogens is 1. The Balaban J connectivity index is 1.58. The second-order valence-electron chi connectivity index (χ2n) is 6.04. The number of benzene rings is 1. The Morgan fingerprint density at radius 3 is 2.50 bits per heavy atom. The first-order valence-electron chi connectivity index (χ1n) is 8.50. The molecule has 1 saturated heterocycles. The molecule has 3 rings (SSSR count). The summed E-state index contributed by atoms with van der Waals surface area (Å²) in [6, 6.07) is 9.53. The fraction of sp³-hybridized carbons (Fsp3) is 0.333. The Labute approximate surface area is 153 Å². The smallest absolute Gasteiger partial charge is 0.410 e. The van der Waals surface area contributed by atoms with Crippen LogP contribution in [-0.4, -0.2) is 36.9 Å². The van der Waals surface area contributed by atoms with Crippen LogP contribution < -0.4 is 10.1 Å². The highest BCUT2D eigenvalue weighted by molar-refractivity contribution is 7.89. The molecule has 1 fully saturated rings. The molecule has 26 heavy (non-hydrogen) atoms. The summed E-state index contributed by atoms with van der Waals surface area (Å²) >= 11 is 0. The van der Waals surface area contributed by atoms with Crippen LogP contribution >= 0.6 is 0 Å². The van der Waals surface area contributed by atoms with Gasteiger partial charge in [0.05, 0.1) is 4.90 Å². The van der Waals surface area contributed by atoms with Gasteiger partial charge in [-0.15, -0.1) is 0 Å². The van der Waals surface area contributed by atoms with E-state index >= 15 is 0 Å². The van der Waals surface area contributed by atoms with Gasteiger partial charge in [0.25, 0.3) is 0 Å². The number of pyridine rings is 1. The van der Waals surface area contributed by atoms with Crippen LogP contribution in [0.4, 0.5) is 4.79 Å². The van der Waals surface area contributed by atoms with Crippen LogP contribution in [-0.2, 0) is 16.6 Å². The van der Waals surface area contributed by atoms with Gasteiger partial charge >= 0.3 is 6.09 Å². The number of ether oxygens (including phenoxy) is 1. The lowest BCUT2D eigenvalue weighted by Gasteiger charge is -2.25. The topological polar surface area (TPSA) is 88.6 Å². The number of rotatable bonds is 5. The fourth-order valence-corrected chi connectivity index (χ4v) is 4.27. The molecule has 0 atom stereocenters. The molecule has 7 nitrogen and oxygen atoms in total. The van der Waals surface area contributed by atoms with Gasteiger partial charge in [0.15, 0.2) is 0 Å². The minimum atomic E-state index is -3.48. The number of hydrogen-bond acceptors (Lipinski definition) is 5. The zero-order valence-corrected chi connectivity index (χ0v) is 15.1. The van der Waals surface area contributed by atoms with Crippen LogP contribution in [0.25, 0.3) is 0 Å². The molecule has 0 saturated carbocycles. The number of amides is 1. The first-order valence-corrected chi connectivity index (χ1v) is 9.94. The normalized spacial score (nSPS) is 15.4. The maximum atomic E-state index is 12.6. The van der Waals surface area contributed by atoms with Gasteiger partial charge in [0, 0.05) is 32.0 Å². The maximum Gasteiger partial charge on any atom is 0.412 e. The van der Waals surface area contributed by atoms with Gasteiger partial charge in [-0.25, -0.2) is 13.2 Å². The average Bonchev–Trinajstić information content (AvgIpc) is 2.68. The standard InChI is InChI=1S/C18H21N3O4S/c22-18(20-14-15-5-4-10-19-13-15)25-16-6-8-17(9-7-16)26(23,24)21-11-2-1-3-12-21/h4-10,13H,1-3,11-12,14H2,(H,20,22). The SMILES string of the molecule is O=C(NCc1cccnc1)Oc1ccc(S(=O)(=O)N2CCCCC2)cc1. The maximum absolute atomic E-state index is 12.6. The van der Waals surface area contributed by atoms with Crippen molar-refractivity contribution in [2.75, 3.05) is 13.1 Å². The molecule has 0 radical (unpaired) electrons. The third-order valence-electron chi connectivity index (χ3n) is 4.15. The molecule has 0 unspecified atom stereocenters. The number of carbonyl (C=O) groups is 1. The minimum absolute atomic E-state index is 0.211. The second-order valence-corrected chi connectivity index (χ2v) is 7.98. The van der Waals surface area contributed by atoms with E-state index in [2.05, 4.69) is 10.3 Å².